The Morgan fingerprint density at radius 2 is 1.29 bits per heavy atom. The topological polar surface area (TPSA) is 17.1 Å². The number of amides is 1. The molecule has 0 heterocycles. The molecule has 0 aliphatic carbocycles. The number of rotatable bonds is 7. The van der Waals surface area contributed by atoms with Crippen LogP contribution in [0.15, 0.2) is 50.6 Å². The van der Waals surface area contributed by atoms with Crippen LogP contribution in [0.5, 0.6) is 0 Å². The minimum atomic E-state index is -0.0234. The lowest BCUT2D eigenvalue weighted by molar-refractivity contribution is -0.834. The Morgan fingerprint density at radius 3 is 1.50 bits per heavy atom. The molecule has 0 N–H and O–H groups in total. The van der Waals surface area contributed by atoms with Gasteiger partial charge in [-0.15, -0.1) is 0 Å². The third kappa shape index (κ3) is 2.82. The van der Waals surface area contributed by atoms with Gasteiger partial charge in [-0.1, -0.05) is 26.3 Å². The summed E-state index contributed by atoms with van der Waals surface area (Å²) in [7, 11) is 0. The summed E-state index contributed by atoms with van der Waals surface area (Å²) in [6.07, 6.45) is 6.54. The van der Waals surface area contributed by atoms with Gasteiger partial charge in [0.1, 0.15) is 19.6 Å². The van der Waals surface area contributed by atoms with E-state index in [9.17, 15) is 4.79 Å². The molecule has 0 bridgehead atoms. The zero-order valence-corrected chi connectivity index (χ0v) is 8.61. The lowest BCUT2D eigenvalue weighted by Crippen LogP contribution is -2.52. The van der Waals surface area contributed by atoms with E-state index in [1.165, 1.54) is 6.08 Å². The Balaban J connectivity index is 4.97. The fraction of sp³-hybridized carbons (Fsp3) is 0.250. The lowest BCUT2D eigenvalue weighted by Gasteiger charge is -2.31. The summed E-state index contributed by atoms with van der Waals surface area (Å²) in [5, 5.41) is 0. The van der Waals surface area contributed by atoms with Gasteiger partial charge in [0.2, 0.25) is 0 Å². The van der Waals surface area contributed by atoms with E-state index in [-0.39, 0.29) is 10.4 Å². The van der Waals surface area contributed by atoms with Crippen molar-refractivity contribution in [2.45, 2.75) is 0 Å². The quantitative estimate of drug-likeness (QED) is 0.343. The Bertz CT molecular complexity index is 227. The van der Waals surface area contributed by atoms with Gasteiger partial charge < -0.3 is 0 Å². The maximum absolute atomic E-state index is 11.7. The second kappa shape index (κ2) is 6.11. The summed E-state index contributed by atoms with van der Waals surface area (Å²) < 4.78 is 0.250. The van der Waals surface area contributed by atoms with Crippen molar-refractivity contribution in [3.8, 4) is 0 Å². The molecule has 0 aromatic carbocycles. The molecule has 1 amide bonds. The molecule has 0 atom stereocenters. The highest BCUT2D eigenvalue weighted by Gasteiger charge is 2.30. The van der Waals surface area contributed by atoms with E-state index in [2.05, 4.69) is 26.3 Å². The van der Waals surface area contributed by atoms with Gasteiger partial charge in [-0.2, -0.15) is 0 Å². The van der Waals surface area contributed by atoms with Crippen molar-refractivity contribution >= 4 is 5.91 Å². The maximum atomic E-state index is 11.7. The number of nitrogens with zero attached hydrogens (tertiary/aromatic N) is 1. The van der Waals surface area contributed by atoms with E-state index >= 15 is 0 Å². The molecule has 0 aromatic heterocycles. The van der Waals surface area contributed by atoms with Gasteiger partial charge in [0.15, 0.2) is 0 Å². The highest BCUT2D eigenvalue weighted by atomic mass is 16.2. The Kier molecular flexibility index (Phi) is 5.49. The van der Waals surface area contributed by atoms with Crippen LogP contribution < -0.4 is 0 Å². The molecule has 0 saturated carbocycles. The van der Waals surface area contributed by atoms with Gasteiger partial charge in [0.05, 0.1) is 0 Å². The number of hydrogen-bond acceptors (Lipinski definition) is 1. The SMILES string of the molecule is C=CC[N+](CC=C)(CC=C)C(=O)C=C. The molecule has 0 rings (SSSR count). The van der Waals surface area contributed by atoms with Crippen LogP contribution in [0.1, 0.15) is 0 Å². The zero-order valence-electron chi connectivity index (χ0n) is 8.61. The first-order valence-corrected chi connectivity index (χ1v) is 4.52. The maximum Gasteiger partial charge on any atom is 0.338 e. The summed E-state index contributed by atoms with van der Waals surface area (Å²) in [4.78, 5) is 11.7. The molecule has 0 spiro atoms. The lowest BCUT2D eigenvalue weighted by atomic mass is 10.2. The standard InChI is InChI=1S/C12H18NO/c1-5-9-13(10-6-2,11-7-3)12(14)8-4/h5-8H,1-4,9-11H2/q+1. The van der Waals surface area contributed by atoms with Crippen LogP contribution in [0.4, 0.5) is 0 Å². The molecule has 2 nitrogen and oxygen atoms in total. The van der Waals surface area contributed by atoms with Gasteiger partial charge in [0.25, 0.3) is 0 Å². The minimum Gasteiger partial charge on any atom is -0.247 e. The van der Waals surface area contributed by atoms with Crippen molar-refractivity contribution in [3.05, 3.63) is 50.6 Å². The number of hydrogen-bond donors (Lipinski definition) is 0. The van der Waals surface area contributed by atoms with E-state index < -0.39 is 0 Å². The van der Waals surface area contributed by atoms with E-state index in [1.54, 1.807) is 18.2 Å². The second-order valence-corrected chi connectivity index (χ2v) is 3.10. The van der Waals surface area contributed by atoms with Gasteiger partial charge >= 0.3 is 5.91 Å². The summed E-state index contributed by atoms with van der Waals surface area (Å²) in [6, 6.07) is 0. The fourth-order valence-corrected chi connectivity index (χ4v) is 1.43. The summed E-state index contributed by atoms with van der Waals surface area (Å²) in [5.41, 5.74) is 0. The first-order chi connectivity index (χ1) is 6.66. The largest absolute Gasteiger partial charge is 0.338 e. The predicted molar refractivity (Wildman–Crippen MR) is 60.7 cm³/mol. The molecule has 0 aliphatic rings. The van der Waals surface area contributed by atoms with Crippen molar-refractivity contribution in [2.24, 2.45) is 0 Å². The monoisotopic (exact) mass is 192 g/mol. The smallest absolute Gasteiger partial charge is 0.247 e. The Hall–Kier alpha value is -1.41. The Morgan fingerprint density at radius 1 is 0.929 bits per heavy atom. The average molecular weight is 192 g/mol. The van der Waals surface area contributed by atoms with E-state index in [0.29, 0.717) is 19.6 Å². The van der Waals surface area contributed by atoms with Crippen LogP contribution in [-0.4, -0.2) is 30.0 Å². The van der Waals surface area contributed by atoms with Crippen molar-refractivity contribution in [3.63, 3.8) is 0 Å². The van der Waals surface area contributed by atoms with Crippen LogP contribution >= 0.6 is 0 Å². The molecule has 0 fully saturated rings. The summed E-state index contributed by atoms with van der Waals surface area (Å²) >= 11 is 0. The highest BCUT2D eigenvalue weighted by Crippen LogP contribution is 2.09. The first kappa shape index (κ1) is 12.6. The first-order valence-electron chi connectivity index (χ1n) is 4.52. The second-order valence-electron chi connectivity index (χ2n) is 3.10. The van der Waals surface area contributed by atoms with Crippen molar-refractivity contribution in [1.29, 1.82) is 0 Å². The molecular weight excluding hydrogens is 174 g/mol. The Labute approximate surface area is 86.1 Å². The van der Waals surface area contributed by atoms with Crippen LogP contribution in [0.2, 0.25) is 0 Å². The molecule has 0 unspecified atom stereocenters. The highest BCUT2D eigenvalue weighted by molar-refractivity contribution is 5.81. The van der Waals surface area contributed by atoms with Crippen molar-refractivity contribution in [2.75, 3.05) is 19.6 Å². The van der Waals surface area contributed by atoms with E-state index in [0.717, 1.165) is 0 Å². The minimum absolute atomic E-state index is 0.0234. The van der Waals surface area contributed by atoms with E-state index in [1.807, 2.05) is 0 Å². The van der Waals surface area contributed by atoms with E-state index in [4.69, 9.17) is 0 Å². The van der Waals surface area contributed by atoms with Crippen LogP contribution in [0, 0.1) is 0 Å². The molecule has 2 heteroatoms. The molecule has 0 aliphatic heterocycles. The molecular formula is C12H18NO+. The number of carbonyl (C=O) groups excluding carboxylic acids is 1. The van der Waals surface area contributed by atoms with Crippen LogP contribution in [0.3, 0.4) is 0 Å². The van der Waals surface area contributed by atoms with Gasteiger partial charge in [-0.05, 0) is 18.2 Å². The third-order valence-electron chi connectivity index (χ3n) is 2.08. The van der Waals surface area contributed by atoms with Gasteiger partial charge in [-0.3, -0.25) is 0 Å². The third-order valence-corrected chi connectivity index (χ3v) is 2.08. The number of quaternary nitrogens is 1. The number of carbonyl (C=O) groups is 1. The molecule has 0 saturated heterocycles. The fourth-order valence-electron chi connectivity index (χ4n) is 1.43. The molecule has 14 heavy (non-hydrogen) atoms. The van der Waals surface area contributed by atoms with Gasteiger partial charge in [0, 0.05) is 6.08 Å². The molecule has 0 radical (unpaired) electrons. The van der Waals surface area contributed by atoms with Crippen molar-refractivity contribution in [1.82, 2.24) is 0 Å². The van der Waals surface area contributed by atoms with Gasteiger partial charge in [-0.25, -0.2) is 9.28 Å². The van der Waals surface area contributed by atoms with Crippen LogP contribution in [0.25, 0.3) is 0 Å². The normalized spacial score (nSPS) is 10.3. The summed E-state index contributed by atoms with van der Waals surface area (Å²) in [6.45, 7) is 16.2. The van der Waals surface area contributed by atoms with Crippen LogP contribution in [-0.2, 0) is 4.79 Å². The average Bonchev–Trinajstić information content (AvgIpc) is 2.17. The van der Waals surface area contributed by atoms with Crippen molar-refractivity contribution < 1.29 is 9.28 Å². The summed E-state index contributed by atoms with van der Waals surface area (Å²) in [5.74, 6) is -0.0234. The molecule has 76 valence electrons. The molecule has 0 aromatic rings. The predicted octanol–water partition coefficient (Wildman–Crippen LogP) is 2.07. The zero-order chi connectivity index (χ0) is 11.0.